The Hall–Kier alpha value is -1.98. The van der Waals surface area contributed by atoms with E-state index in [0.29, 0.717) is 0 Å². The summed E-state index contributed by atoms with van der Waals surface area (Å²) in [6, 6.07) is 10.5. The number of likely N-dealkylation sites (N-methyl/N-ethyl adjacent to an activating group) is 1. The van der Waals surface area contributed by atoms with Gasteiger partial charge in [0.15, 0.2) is 5.82 Å². The Morgan fingerprint density at radius 1 is 0.900 bits per heavy atom. The van der Waals surface area contributed by atoms with E-state index in [1.807, 2.05) is 0 Å². The van der Waals surface area contributed by atoms with E-state index in [1.165, 1.54) is 55.7 Å². The van der Waals surface area contributed by atoms with Gasteiger partial charge in [0, 0.05) is 63.4 Å². The van der Waals surface area contributed by atoms with Crippen LogP contribution in [0.2, 0.25) is 0 Å². The fourth-order valence-electron chi connectivity index (χ4n) is 5.34. The topological polar surface area (TPSA) is 35.5 Å². The second-order valence-corrected chi connectivity index (χ2v) is 9.44. The van der Waals surface area contributed by atoms with Crippen LogP contribution in [0.5, 0.6) is 0 Å². The van der Waals surface area contributed by atoms with E-state index < -0.39 is 0 Å². The van der Waals surface area contributed by atoms with Crippen LogP contribution in [0.1, 0.15) is 43.4 Å². The maximum atomic E-state index is 5.16. The third-order valence-electron chi connectivity index (χ3n) is 7.19. The molecule has 2 aliphatic heterocycles. The largest absolute Gasteiger partial charge is 0.354 e. The van der Waals surface area contributed by atoms with E-state index in [4.69, 9.17) is 9.97 Å². The molecule has 3 heterocycles. The van der Waals surface area contributed by atoms with E-state index in [0.717, 1.165) is 63.0 Å². The molecule has 5 rings (SSSR count). The van der Waals surface area contributed by atoms with Gasteiger partial charge in [-0.25, -0.2) is 9.97 Å². The first-order chi connectivity index (χ1) is 14.8. The summed E-state index contributed by atoms with van der Waals surface area (Å²) >= 11 is 0. The van der Waals surface area contributed by atoms with Gasteiger partial charge >= 0.3 is 0 Å². The van der Waals surface area contributed by atoms with Gasteiger partial charge in [-0.3, -0.25) is 4.90 Å². The molecule has 30 heavy (non-hydrogen) atoms. The normalized spacial score (nSPS) is 21.6. The van der Waals surface area contributed by atoms with Crippen LogP contribution in [0.3, 0.4) is 0 Å². The molecule has 160 valence electrons. The average molecular weight is 406 g/mol. The molecular formula is C25H35N5. The molecule has 5 nitrogen and oxygen atoms in total. The van der Waals surface area contributed by atoms with Gasteiger partial charge in [-0.05, 0) is 25.8 Å². The van der Waals surface area contributed by atoms with Crippen molar-refractivity contribution in [2.24, 2.45) is 5.92 Å². The molecule has 1 saturated carbocycles. The maximum Gasteiger partial charge on any atom is 0.161 e. The molecule has 1 saturated heterocycles. The molecular weight excluding hydrogens is 370 g/mol. The Bertz CT molecular complexity index is 838. The Balaban J connectivity index is 1.44. The summed E-state index contributed by atoms with van der Waals surface area (Å²) in [6.07, 6.45) is 8.15. The molecule has 0 atom stereocenters. The van der Waals surface area contributed by atoms with Gasteiger partial charge in [-0.15, -0.1) is 0 Å². The van der Waals surface area contributed by atoms with Crippen LogP contribution in [0.15, 0.2) is 30.3 Å². The lowest BCUT2D eigenvalue weighted by Crippen LogP contribution is -2.46. The molecule has 1 aliphatic carbocycles. The Morgan fingerprint density at radius 3 is 2.43 bits per heavy atom. The van der Waals surface area contributed by atoms with Gasteiger partial charge < -0.3 is 9.80 Å². The van der Waals surface area contributed by atoms with Crippen LogP contribution in [-0.2, 0) is 13.0 Å². The molecule has 5 heteroatoms. The van der Waals surface area contributed by atoms with Crippen LogP contribution in [0, 0.1) is 5.92 Å². The van der Waals surface area contributed by atoms with E-state index in [9.17, 15) is 0 Å². The molecule has 2 fully saturated rings. The van der Waals surface area contributed by atoms with Crippen molar-refractivity contribution in [2.75, 3.05) is 51.2 Å². The third-order valence-corrected chi connectivity index (χ3v) is 7.19. The minimum Gasteiger partial charge on any atom is -0.354 e. The number of nitrogens with zero attached hydrogens (tertiary/aromatic N) is 5. The number of aromatic nitrogens is 2. The zero-order chi connectivity index (χ0) is 20.3. The summed E-state index contributed by atoms with van der Waals surface area (Å²) in [7, 11) is 2.22. The van der Waals surface area contributed by atoms with E-state index in [1.54, 1.807) is 0 Å². The van der Waals surface area contributed by atoms with Crippen molar-refractivity contribution < 1.29 is 0 Å². The van der Waals surface area contributed by atoms with E-state index >= 15 is 0 Å². The summed E-state index contributed by atoms with van der Waals surface area (Å²) in [5, 5.41) is 0. The number of hydrogen-bond acceptors (Lipinski definition) is 5. The van der Waals surface area contributed by atoms with Gasteiger partial charge in [0.2, 0.25) is 0 Å². The quantitative estimate of drug-likeness (QED) is 0.772. The third kappa shape index (κ3) is 4.37. The molecule has 0 spiro atoms. The molecule has 3 aliphatic rings. The fourth-order valence-corrected chi connectivity index (χ4v) is 5.34. The van der Waals surface area contributed by atoms with Gasteiger partial charge in [-0.2, -0.15) is 0 Å². The highest BCUT2D eigenvalue weighted by Gasteiger charge is 2.28. The van der Waals surface area contributed by atoms with Crippen molar-refractivity contribution in [1.29, 1.82) is 0 Å². The molecule has 2 aromatic rings. The summed E-state index contributed by atoms with van der Waals surface area (Å²) < 4.78 is 0. The van der Waals surface area contributed by atoms with Crippen molar-refractivity contribution in [3.63, 3.8) is 0 Å². The van der Waals surface area contributed by atoms with Crippen molar-refractivity contribution in [3.05, 3.63) is 41.6 Å². The zero-order valence-corrected chi connectivity index (χ0v) is 18.4. The smallest absolute Gasteiger partial charge is 0.161 e. The van der Waals surface area contributed by atoms with Crippen molar-refractivity contribution in [2.45, 2.75) is 45.1 Å². The predicted octanol–water partition coefficient (Wildman–Crippen LogP) is 3.83. The second kappa shape index (κ2) is 9.03. The van der Waals surface area contributed by atoms with Crippen molar-refractivity contribution >= 4 is 5.82 Å². The molecule has 1 aromatic heterocycles. The van der Waals surface area contributed by atoms with Gasteiger partial charge in [0.05, 0.1) is 5.69 Å². The molecule has 1 aromatic carbocycles. The van der Waals surface area contributed by atoms with Gasteiger partial charge in [0.25, 0.3) is 0 Å². The van der Waals surface area contributed by atoms with E-state index in [2.05, 4.69) is 52.1 Å². The lowest BCUT2D eigenvalue weighted by Gasteiger charge is -2.38. The van der Waals surface area contributed by atoms with Crippen LogP contribution in [0.25, 0.3) is 11.4 Å². The predicted molar refractivity (Wildman–Crippen MR) is 123 cm³/mol. The zero-order valence-electron chi connectivity index (χ0n) is 18.4. The molecule has 0 unspecified atom stereocenters. The van der Waals surface area contributed by atoms with Crippen molar-refractivity contribution in [3.8, 4) is 11.4 Å². The first-order valence-electron chi connectivity index (χ1n) is 11.9. The van der Waals surface area contributed by atoms with Crippen LogP contribution in [0.4, 0.5) is 5.82 Å². The van der Waals surface area contributed by atoms with Gasteiger partial charge in [0.1, 0.15) is 5.82 Å². The maximum absolute atomic E-state index is 5.16. The number of hydrogen-bond donors (Lipinski definition) is 0. The van der Waals surface area contributed by atoms with Crippen LogP contribution >= 0.6 is 0 Å². The second-order valence-electron chi connectivity index (χ2n) is 9.44. The summed E-state index contributed by atoms with van der Waals surface area (Å²) in [6.45, 7) is 7.71. The number of fused-ring (bicyclic) bond motifs is 1. The monoisotopic (exact) mass is 405 g/mol. The SMILES string of the molecule is CN1CCN(c2nc(-c3ccccc3)nc3c2CN(CC2CCCCC2)CC3)CC1. The summed E-state index contributed by atoms with van der Waals surface area (Å²) in [5.74, 6) is 2.97. The average Bonchev–Trinajstić information content (AvgIpc) is 2.80. The number of anilines is 1. The van der Waals surface area contributed by atoms with Gasteiger partial charge in [-0.1, -0.05) is 49.6 Å². The Kier molecular flexibility index (Phi) is 6.00. The van der Waals surface area contributed by atoms with E-state index in [-0.39, 0.29) is 0 Å². The molecule has 0 N–H and O–H groups in total. The van der Waals surface area contributed by atoms with Crippen molar-refractivity contribution in [1.82, 2.24) is 19.8 Å². The number of benzene rings is 1. The van der Waals surface area contributed by atoms with Crippen LogP contribution < -0.4 is 4.90 Å². The van der Waals surface area contributed by atoms with Crippen LogP contribution in [-0.4, -0.2) is 66.1 Å². The first kappa shape index (κ1) is 20.0. The highest BCUT2D eigenvalue weighted by atomic mass is 15.3. The number of rotatable bonds is 4. The first-order valence-corrected chi connectivity index (χ1v) is 11.9. The lowest BCUT2D eigenvalue weighted by molar-refractivity contribution is 0.185. The number of piperazine rings is 1. The standard InChI is InChI=1S/C25H35N5/c1-28-14-16-30(17-15-28)25-22-19-29(18-20-8-4-2-5-9-20)13-12-23(22)26-24(27-25)21-10-6-3-7-11-21/h3,6-7,10-11,20H,2,4-5,8-9,12-19H2,1H3. The molecule has 0 radical (unpaired) electrons. The Labute approximate surface area is 181 Å². The molecule has 0 amide bonds. The lowest BCUT2D eigenvalue weighted by atomic mass is 9.88. The minimum atomic E-state index is 0.886. The summed E-state index contributed by atoms with van der Waals surface area (Å²) in [4.78, 5) is 17.8. The Morgan fingerprint density at radius 2 is 1.67 bits per heavy atom. The highest BCUT2D eigenvalue weighted by Crippen LogP contribution is 2.32. The summed E-state index contributed by atoms with van der Waals surface area (Å²) in [5.41, 5.74) is 3.79. The molecule has 0 bridgehead atoms. The minimum absolute atomic E-state index is 0.886. The fraction of sp³-hybridized carbons (Fsp3) is 0.600. The highest BCUT2D eigenvalue weighted by molar-refractivity contribution is 5.61.